The zero-order chi connectivity index (χ0) is 12.1. The molecule has 16 heavy (non-hydrogen) atoms. The van der Waals surface area contributed by atoms with Gasteiger partial charge in [-0.3, -0.25) is 4.84 Å². The number of carboxylic acids is 1. The normalized spacial score (nSPS) is 10.9. The topological polar surface area (TPSA) is 124 Å². The number of anilines is 1. The fraction of sp³-hybridized carbons (Fsp3) is 0.143. The lowest BCUT2D eigenvalue weighted by molar-refractivity contribution is -0.129. The van der Waals surface area contributed by atoms with Crippen LogP contribution in [0.5, 0.6) is 0 Å². The number of carbonyl (C=O) groups is 2. The van der Waals surface area contributed by atoms with E-state index in [2.05, 4.69) is 19.7 Å². The van der Waals surface area contributed by atoms with E-state index in [4.69, 9.17) is 10.8 Å². The van der Waals surface area contributed by atoms with Crippen LogP contribution >= 0.6 is 11.3 Å². The summed E-state index contributed by atoms with van der Waals surface area (Å²) in [6.07, 6.45) is -1.12. The summed E-state index contributed by atoms with van der Waals surface area (Å²) in [5.41, 5.74) is 4.81. The molecule has 3 N–H and O–H groups in total. The Morgan fingerprint density at radius 2 is 2.31 bits per heavy atom. The van der Waals surface area contributed by atoms with Gasteiger partial charge in [0.25, 0.3) is 0 Å². The maximum absolute atomic E-state index is 10.8. The lowest BCUT2D eigenvalue weighted by Crippen LogP contribution is -2.16. The highest BCUT2D eigenvalue weighted by Gasteiger charge is 2.18. The fourth-order valence-electron chi connectivity index (χ4n) is 0.712. The average molecular weight is 245 g/mol. The number of carbonyl (C=O) groups excluding carboxylic acids is 1. The molecule has 0 saturated carbocycles. The molecule has 0 aromatic carbocycles. The van der Waals surface area contributed by atoms with E-state index in [1.807, 2.05) is 0 Å². The number of ether oxygens (including phenoxy) is 1. The van der Waals surface area contributed by atoms with Gasteiger partial charge in [-0.2, -0.15) is 0 Å². The summed E-state index contributed by atoms with van der Waals surface area (Å²) in [4.78, 5) is 29.2. The summed E-state index contributed by atoms with van der Waals surface area (Å²) in [5.74, 6) is -1.39. The van der Waals surface area contributed by atoms with Crippen LogP contribution in [0.15, 0.2) is 10.5 Å². The van der Waals surface area contributed by atoms with Gasteiger partial charge in [-0.25, -0.2) is 14.6 Å². The number of thiazole rings is 1. The summed E-state index contributed by atoms with van der Waals surface area (Å²) < 4.78 is 4.12. The number of hydrogen-bond donors (Lipinski definition) is 2. The van der Waals surface area contributed by atoms with Gasteiger partial charge in [0.2, 0.25) is 5.71 Å². The molecule has 0 unspecified atom stereocenters. The molecule has 0 saturated heterocycles. The summed E-state index contributed by atoms with van der Waals surface area (Å²) in [5, 5.41) is 13.5. The van der Waals surface area contributed by atoms with Crippen LogP contribution in [-0.2, 0) is 14.4 Å². The van der Waals surface area contributed by atoms with Crippen LogP contribution in [-0.4, -0.2) is 35.0 Å². The third-order valence-electron chi connectivity index (χ3n) is 1.35. The number of carboxylic acid groups (broad SMARTS) is 1. The van der Waals surface area contributed by atoms with E-state index in [0.29, 0.717) is 0 Å². The standard InChI is InChI=1S/C7H7N3O5S/c1-14-7(13)15-10-4(5(11)12)3-2-16-6(8)9-3/h2H,1H3,(H2,8,9)(H,11,12). The lowest BCUT2D eigenvalue weighted by atomic mass is 10.3. The fourth-order valence-corrected chi connectivity index (χ4v) is 1.26. The lowest BCUT2D eigenvalue weighted by Gasteiger charge is -1.97. The second kappa shape index (κ2) is 5.07. The SMILES string of the molecule is COC(=O)ON=C(C(=O)O)c1csc(N)n1. The molecule has 9 heteroatoms. The number of nitrogens with two attached hydrogens (primary N) is 1. The smallest absolute Gasteiger partial charge is 0.476 e. The van der Waals surface area contributed by atoms with Crippen molar-refractivity contribution in [3.05, 3.63) is 11.1 Å². The Balaban J connectivity index is 2.91. The van der Waals surface area contributed by atoms with Gasteiger partial charge in [0.05, 0.1) is 7.11 Å². The first-order chi connectivity index (χ1) is 7.54. The molecule has 0 spiro atoms. The minimum Gasteiger partial charge on any atom is -0.476 e. The van der Waals surface area contributed by atoms with Gasteiger partial charge < -0.3 is 15.6 Å². The number of aliphatic carboxylic acids is 1. The highest BCUT2D eigenvalue weighted by molar-refractivity contribution is 7.13. The van der Waals surface area contributed by atoms with Crippen LogP contribution in [0.25, 0.3) is 0 Å². The van der Waals surface area contributed by atoms with Gasteiger partial charge in [0, 0.05) is 5.38 Å². The van der Waals surface area contributed by atoms with Crippen molar-refractivity contribution in [1.29, 1.82) is 0 Å². The van der Waals surface area contributed by atoms with Crippen molar-refractivity contribution in [3.8, 4) is 0 Å². The molecule has 0 atom stereocenters. The minimum absolute atomic E-state index is 0.0129. The largest absolute Gasteiger partial charge is 0.534 e. The van der Waals surface area contributed by atoms with Crippen molar-refractivity contribution in [2.24, 2.45) is 5.16 Å². The average Bonchev–Trinajstić information content (AvgIpc) is 2.64. The predicted molar refractivity (Wildman–Crippen MR) is 54.2 cm³/mol. The minimum atomic E-state index is -1.39. The van der Waals surface area contributed by atoms with Crippen LogP contribution in [0, 0.1) is 0 Å². The molecule has 1 heterocycles. The van der Waals surface area contributed by atoms with E-state index in [1.54, 1.807) is 0 Å². The maximum Gasteiger partial charge on any atom is 0.534 e. The van der Waals surface area contributed by atoms with Crippen LogP contribution in [0.1, 0.15) is 5.69 Å². The molecule has 1 rings (SSSR count). The third-order valence-corrected chi connectivity index (χ3v) is 2.02. The van der Waals surface area contributed by atoms with Crippen LogP contribution in [0.3, 0.4) is 0 Å². The van der Waals surface area contributed by atoms with E-state index in [-0.39, 0.29) is 10.8 Å². The molecule has 1 aromatic heterocycles. The Bertz CT molecular complexity index is 441. The van der Waals surface area contributed by atoms with Gasteiger partial charge in [-0.1, -0.05) is 5.16 Å². The maximum atomic E-state index is 10.8. The summed E-state index contributed by atoms with van der Waals surface area (Å²) in [6, 6.07) is 0. The van der Waals surface area contributed by atoms with E-state index in [9.17, 15) is 9.59 Å². The summed E-state index contributed by atoms with van der Waals surface area (Å²) in [6.45, 7) is 0. The Hall–Kier alpha value is -2.16. The predicted octanol–water partition coefficient (Wildman–Crippen LogP) is 0.297. The van der Waals surface area contributed by atoms with Crippen molar-refractivity contribution < 1.29 is 24.3 Å². The quantitative estimate of drug-likeness (QED) is 0.339. The summed E-state index contributed by atoms with van der Waals surface area (Å²) in [7, 11) is 1.07. The monoisotopic (exact) mass is 245 g/mol. The molecule has 1 aromatic rings. The molecule has 8 nitrogen and oxygen atoms in total. The number of aromatic nitrogens is 1. The molecule has 86 valence electrons. The molecule has 0 radical (unpaired) electrons. The van der Waals surface area contributed by atoms with Gasteiger partial charge in [0.1, 0.15) is 5.69 Å². The number of rotatable bonds is 3. The van der Waals surface area contributed by atoms with Gasteiger partial charge in [-0.15, -0.1) is 11.3 Å². The highest BCUT2D eigenvalue weighted by Crippen LogP contribution is 2.12. The number of nitrogens with zero attached hydrogens (tertiary/aromatic N) is 2. The first kappa shape index (κ1) is 11.9. The number of hydrogen-bond acceptors (Lipinski definition) is 8. The molecule has 0 amide bonds. The first-order valence-corrected chi connectivity index (χ1v) is 4.70. The van der Waals surface area contributed by atoms with Gasteiger partial charge >= 0.3 is 12.1 Å². The first-order valence-electron chi connectivity index (χ1n) is 3.82. The number of nitrogen functional groups attached to an aromatic ring is 1. The second-order valence-electron chi connectivity index (χ2n) is 2.36. The van der Waals surface area contributed by atoms with Crippen LogP contribution < -0.4 is 5.73 Å². The number of oxime groups is 1. The molecule has 0 aliphatic heterocycles. The Labute approximate surface area is 93.3 Å². The molecular weight excluding hydrogens is 238 g/mol. The van der Waals surface area contributed by atoms with E-state index >= 15 is 0 Å². The van der Waals surface area contributed by atoms with Crippen molar-refractivity contribution >= 4 is 34.3 Å². The Morgan fingerprint density at radius 1 is 1.62 bits per heavy atom. The Kier molecular flexibility index (Phi) is 3.78. The van der Waals surface area contributed by atoms with E-state index < -0.39 is 17.8 Å². The van der Waals surface area contributed by atoms with Crippen molar-refractivity contribution in [3.63, 3.8) is 0 Å². The Morgan fingerprint density at radius 3 is 2.75 bits per heavy atom. The van der Waals surface area contributed by atoms with Crippen molar-refractivity contribution in [2.45, 2.75) is 0 Å². The zero-order valence-corrected chi connectivity index (χ0v) is 8.85. The molecular formula is C7H7N3O5S. The van der Waals surface area contributed by atoms with E-state index in [1.165, 1.54) is 5.38 Å². The van der Waals surface area contributed by atoms with Crippen molar-refractivity contribution in [2.75, 3.05) is 12.8 Å². The molecule has 0 aliphatic rings. The third kappa shape index (κ3) is 2.92. The summed E-state index contributed by atoms with van der Waals surface area (Å²) >= 11 is 1.04. The molecule has 0 bridgehead atoms. The van der Waals surface area contributed by atoms with Crippen molar-refractivity contribution in [1.82, 2.24) is 4.98 Å². The van der Waals surface area contributed by atoms with Crippen LogP contribution in [0.4, 0.5) is 9.93 Å². The molecule has 0 fully saturated rings. The molecule has 0 aliphatic carbocycles. The van der Waals surface area contributed by atoms with Gasteiger partial charge in [-0.05, 0) is 0 Å². The van der Waals surface area contributed by atoms with Crippen LogP contribution in [0.2, 0.25) is 0 Å². The number of methoxy groups -OCH3 is 1. The van der Waals surface area contributed by atoms with Gasteiger partial charge in [0.15, 0.2) is 5.13 Å². The zero-order valence-electron chi connectivity index (χ0n) is 8.04. The second-order valence-corrected chi connectivity index (χ2v) is 3.25. The highest BCUT2D eigenvalue weighted by atomic mass is 32.1. The van der Waals surface area contributed by atoms with E-state index in [0.717, 1.165) is 18.4 Å².